The summed E-state index contributed by atoms with van der Waals surface area (Å²) in [5.41, 5.74) is 3.72. The minimum Gasteiger partial charge on any atom is -0.385 e. The molecule has 0 saturated heterocycles. The molecule has 1 aromatic heterocycles. The van der Waals surface area contributed by atoms with Crippen molar-refractivity contribution in [3.8, 4) is 0 Å². The predicted molar refractivity (Wildman–Crippen MR) is 73.2 cm³/mol. The first kappa shape index (κ1) is 11.6. The van der Waals surface area contributed by atoms with Gasteiger partial charge in [0.2, 0.25) is 0 Å². The summed E-state index contributed by atoms with van der Waals surface area (Å²) < 4.78 is 0. The molecule has 0 aliphatic carbocycles. The van der Waals surface area contributed by atoms with Gasteiger partial charge in [-0.2, -0.15) is 10.2 Å². The Kier molecular flexibility index (Phi) is 3.10. The third-order valence-electron chi connectivity index (χ3n) is 3.15. The van der Waals surface area contributed by atoms with Crippen LogP contribution < -0.4 is 10.6 Å². The lowest BCUT2D eigenvalue weighted by molar-refractivity contribution is 0.102. The largest absolute Gasteiger partial charge is 0.385 e. The van der Waals surface area contributed by atoms with Crippen molar-refractivity contribution in [1.29, 1.82) is 0 Å². The Morgan fingerprint density at radius 3 is 3.05 bits per heavy atom. The Labute approximate surface area is 111 Å². The molecule has 2 aromatic rings. The van der Waals surface area contributed by atoms with Crippen LogP contribution in [0.4, 0.5) is 11.4 Å². The van der Waals surface area contributed by atoms with E-state index >= 15 is 0 Å². The number of fused-ring (bicyclic) bond motifs is 1. The Balaban J connectivity index is 1.78. The molecular formula is C14H14N4O. The van der Waals surface area contributed by atoms with Gasteiger partial charge in [0.05, 0.1) is 18.0 Å². The van der Waals surface area contributed by atoms with Crippen LogP contribution in [-0.2, 0) is 6.42 Å². The molecule has 0 fully saturated rings. The molecule has 96 valence electrons. The Morgan fingerprint density at radius 2 is 2.21 bits per heavy atom. The van der Waals surface area contributed by atoms with Gasteiger partial charge in [-0.1, -0.05) is 0 Å². The second-order valence-corrected chi connectivity index (χ2v) is 4.49. The van der Waals surface area contributed by atoms with Crippen LogP contribution in [0.25, 0.3) is 0 Å². The number of anilines is 2. The van der Waals surface area contributed by atoms with E-state index in [4.69, 9.17) is 0 Å². The number of benzene rings is 1. The summed E-state index contributed by atoms with van der Waals surface area (Å²) in [6.07, 6.45) is 5.13. The van der Waals surface area contributed by atoms with Crippen molar-refractivity contribution in [2.75, 3.05) is 17.2 Å². The van der Waals surface area contributed by atoms with Crippen LogP contribution in [0, 0.1) is 0 Å². The number of aryl methyl sites for hydroxylation is 1. The zero-order valence-corrected chi connectivity index (χ0v) is 10.4. The van der Waals surface area contributed by atoms with Gasteiger partial charge in [-0.25, -0.2) is 0 Å². The van der Waals surface area contributed by atoms with Crippen molar-refractivity contribution in [3.63, 3.8) is 0 Å². The number of nitrogens with one attached hydrogen (secondary N) is 2. The predicted octanol–water partition coefficient (Wildman–Crippen LogP) is 2.09. The van der Waals surface area contributed by atoms with Crippen LogP contribution in [0.15, 0.2) is 36.7 Å². The number of carbonyl (C=O) groups is 1. The topological polar surface area (TPSA) is 66.9 Å². The van der Waals surface area contributed by atoms with Crippen molar-refractivity contribution in [2.45, 2.75) is 12.8 Å². The molecule has 1 aliphatic rings. The SMILES string of the molecule is O=C(Nc1ccc2c(c1)CCCN2)c1ccnnc1. The van der Waals surface area contributed by atoms with E-state index in [1.807, 2.05) is 18.2 Å². The number of nitrogens with zero attached hydrogens (tertiary/aromatic N) is 2. The quantitative estimate of drug-likeness (QED) is 0.861. The van der Waals surface area contributed by atoms with Crippen molar-refractivity contribution in [1.82, 2.24) is 10.2 Å². The molecule has 1 aromatic carbocycles. The number of rotatable bonds is 2. The first-order chi connectivity index (χ1) is 9.33. The van der Waals surface area contributed by atoms with E-state index < -0.39 is 0 Å². The molecule has 1 amide bonds. The monoisotopic (exact) mass is 254 g/mol. The highest BCUT2D eigenvalue weighted by atomic mass is 16.1. The summed E-state index contributed by atoms with van der Waals surface area (Å²) in [7, 11) is 0. The molecule has 19 heavy (non-hydrogen) atoms. The maximum Gasteiger partial charge on any atom is 0.257 e. The summed E-state index contributed by atoms with van der Waals surface area (Å²) in [5.74, 6) is -0.168. The molecule has 0 spiro atoms. The highest BCUT2D eigenvalue weighted by Crippen LogP contribution is 2.25. The van der Waals surface area contributed by atoms with Gasteiger partial charge in [0.1, 0.15) is 0 Å². The zero-order chi connectivity index (χ0) is 13.1. The third kappa shape index (κ3) is 2.54. The van der Waals surface area contributed by atoms with Crippen molar-refractivity contribution in [2.24, 2.45) is 0 Å². The minimum absolute atomic E-state index is 0.168. The standard InChI is InChI=1S/C14H14N4O/c19-14(11-5-7-16-17-9-11)18-12-3-4-13-10(8-12)2-1-6-15-13/h3-5,7-9,15H,1-2,6H2,(H,18,19). The lowest BCUT2D eigenvalue weighted by Crippen LogP contribution is -2.15. The molecule has 0 atom stereocenters. The smallest absolute Gasteiger partial charge is 0.257 e. The lowest BCUT2D eigenvalue weighted by atomic mass is 10.0. The highest BCUT2D eigenvalue weighted by molar-refractivity contribution is 6.04. The summed E-state index contributed by atoms with van der Waals surface area (Å²) in [5, 5.41) is 13.6. The van der Waals surface area contributed by atoms with Gasteiger partial charge >= 0.3 is 0 Å². The van der Waals surface area contributed by atoms with E-state index in [0.29, 0.717) is 5.56 Å². The van der Waals surface area contributed by atoms with Crippen LogP contribution in [0.3, 0.4) is 0 Å². The molecule has 0 bridgehead atoms. The van der Waals surface area contributed by atoms with Crippen LogP contribution >= 0.6 is 0 Å². The maximum atomic E-state index is 12.0. The van der Waals surface area contributed by atoms with Gasteiger partial charge in [-0.05, 0) is 42.7 Å². The van der Waals surface area contributed by atoms with E-state index in [1.54, 1.807) is 6.07 Å². The van der Waals surface area contributed by atoms with Crippen molar-refractivity contribution >= 4 is 17.3 Å². The average Bonchev–Trinajstić information content (AvgIpc) is 2.48. The van der Waals surface area contributed by atoms with Crippen LogP contribution in [0.1, 0.15) is 22.3 Å². The number of hydrogen-bond acceptors (Lipinski definition) is 4. The first-order valence-electron chi connectivity index (χ1n) is 6.28. The van der Waals surface area contributed by atoms with E-state index in [2.05, 4.69) is 20.8 Å². The summed E-state index contributed by atoms with van der Waals surface area (Å²) in [4.78, 5) is 12.0. The zero-order valence-electron chi connectivity index (χ0n) is 10.4. The van der Waals surface area contributed by atoms with E-state index in [0.717, 1.165) is 30.8 Å². The van der Waals surface area contributed by atoms with Gasteiger partial charge < -0.3 is 10.6 Å². The second kappa shape index (κ2) is 5.06. The van der Waals surface area contributed by atoms with E-state index in [1.165, 1.54) is 18.0 Å². The van der Waals surface area contributed by atoms with Gasteiger partial charge in [0, 0.05) is 17.9 Å². The first-order valence-corrected chi connectivity index (χ1v) is 6.28. The summed E-state index contributed by atoms with van der Waals surface area (Å²) in [6, 6.07) is 7.58. The van der Waals surface area contributed by atoms with Gasteiger partial charge in [0.15, 0.2) is 0 Å². The molecule has 0 saturated carbocycles. The molecule has 5 heteroatoms. The number of aromatic nitrogens is 2. The second-order valence-electron chi connectivity index (χ2n) is 4.49. The maximum absolute atomic E-state index is 12.0. The lowest BCUT2D eigenvalue weighted by Gasteiger charge is -2.18. The van der Waals surface area contributed by atoms with E-state index in [9.17, 15) is 4.79 Å². The minimum atomic E-state index is -0.168. The van der Waals surface area contributed by atoms with Gasteiger partial charge in [-0.15, -0.1) is 0 Å². The van der Waals surface area contributed by atoms with Gasteiger partial charge in [-0.3, -0.25) is 4.79 Å². The molecule has 5 nitrogen and oxygen atoms in total. The van der Waals surface area contributed by atoms with Crippen molar-refractivity contribution in [3.05, 3.63) is 47.8 Å². The highest BCUT2D eigenvalue weighted by Gasteiger charge is 2.11. The number of amides is 1. The Bertz CT molecular complexity index is 598. The third-order valence-corrected chi connectivity index (χ3v) is 3.15. The molecular weight excluding hydrogens is 240 g/mol. The Hall–Kier alpha value is -2.43. The van der Waals surface area contributed by atoms with Gasteiger partial charge in [0.25, 0.3) is 5.91 Å². The molecule has 1 aliphatic heterocycles. The number of carbonyl (C=O) groups excluding carboxylic acids is 1. The summed E-state index contributed by atoms with van der Waals surface area (Å²) in [6.45, 7) is 1.02. The van der Waals surface area contributed by atoms with Crippen molar-refractivity contribution < 1.29 is 4.79 Å². The molecule has 0 radical (unpaired) electrons. The summed E-state index contributed by atoms with van der Waals surface area (Å²) >= 11 is 0. The fourth-order valence-corrected chi connectivity index (χ4v) is 2.18. The fourth-order valence-electron chi connectivity index (χ4n) is 2.18. The van der Waals surface area contributed by atoms with E-state index in [-0.39, 0.29) is 5.91 Å². The fraction of sp³-hybridized carbons (Fsp3) is 0.214. The normalized spacial score (nSPS) is 13.3. The molecule has 2 N–H and O–H groups in total. The molecule has 0 unspecified atom stereocenters. The van der Waals surface area contributed by atoms with Crippen LogP contribution in [0.2, 0.25) is 0 Å². The number of hydrogen-bond donors (Lipinski definition) is 2. The molecule has 2 heterocycles. The van der Waals surface area contributed by atoms with Crippen LogP contribution in [0.5, 0.6) is 0 Å². The molecule has 3 rings (SSSR count). The Morgan fingerprint density at radius 1 is 1.26 bits per heavy atom. The van der Waals surface area contributed by atoms with Crippen LogP contribution in [-0.4, -0.2) is 22.6 Å². The average molecular weight is 254 g/mol.